The quantitative estimate of drug-likeness (QED) is 0.404. The van der Waals surface area contributed by atoms with Gasteiger partial charge in [0.2, 0.25) is 0 Å². The van der Waals surface area contributed by atoms with Gasteiger partial charge in [0, 0.05) is 4.75 Å². The van der Waals surface area contributed by atoms with Gasteiger partial charge in [-0.15, -0.1) is 11.8 Å². The van der Waals surface area contributed by atoms with Crippen LogP contribution >= 0.6 is 27.7 Å². The number of ether oxygens (including phenoxy) is 1. The number of thioether (sulfide) groups is 1. The molecular weight excluding hydrogens is 426 g/mol. The highest BCUT2D eigenvalue weighted by molar-refractivity contribution is 9.10. The zero-order valence-electron chi connectivity index (χ0n) is 14.3. The van der Waals surface area contributed by atoms with Crippen molar-refractivity contribution in [1.82, 2.24) is 4.90 Å². The molecule has 26 heavy (non-hydrogen) atoms. The number of carboxylic acid groups (broad SMARTS) is 1. The van der Waals surface area contributed by atoms with Gasteiger partial charge in [-0.25, -0.2) is 4.79 Å². The van der Waals surface area contributed by atoms with Crippen LogP contribution in [-0.2, 0) is 14.4 Å². The Morgan fingerprint density at radius 3 is 2.38 bits per heavy atom. The zero-order valence-corrected chi connectivity index (χ0v) is 16.7. The van der Waals surface area contributed by atoms with Crippen LogP contribution in [0.1, 0.15) is 25.5 Å². The number of ketones is 1. The molecule has 1 amide bonds. The van der Waals surface area contributed by atoms with Crippen molar-refractivity contribution < 1.29 is 29.3 Å². The number of methoxy groups -OCH3 is 1. The Kier molecular flexibility index (Phi) is 4.61. The lowest BCUT2D eigenvalue weighted by molar-refractivity contribution is -0.164. The average molecular weight is 444 g/mol. The highest BCUT2D eigenvalue weighted by Crippen LogP contribution is 2.59. The molecule has 4 atom stereocenters. The second-order valence-electron chi connectivity index (χ2n) is 6.78. The van der Waals surface area contributed by atoms with Gasteiger partial charge in [0.1, 0.15) is 23.3 Å². The van der Waals surface area contributed by atoms with E-state index in [2.05, 4.69) is 15.9 Å². The van der Waals surface area contributed by atoms with Crippen molar-refractivity contribution in [3.8, 4) is 5.75 Å². The molecule has 2 aliphatic rings. The summed E-state index contributed by atoms with van der Waals surface area (Å²) in [5, 5.41) is 19.3. The Balaban J connectivity index is 1.88. The summed E-state index contributed by atoms with van der Waals surface area (Å²) in [4.78, 5) is 38.4. The summed E-state index contributed by atoms with van der Waals surface area (Å²) in [6.45, 7) is 3.44. The van der Waals surface area contributed by atoms with Crippen molar-refractivity contribution in [3.63, 3.8) is 0 Å². The Hall–Kier alpha value is -1.58. The first-order chi connectivity index (χ1) is 12.1. The van der Waals surface area contributed by atoms with Gasteiger partial charge in [-0.2, -0.15) is 0 Å². The molecule has 2 unspecified atom stereocenters. The molecule has 2 aliphatic heterocycles. The summed E-state index contributed by atoms with van der Waals surface area (Å²) in [5.41, 5.74) is 0.331. The number of carbonyl (C=O) groups excluding carboxylic acids is 2. The molecule has 2 heterocycles. The van der Waals surface area contributed by atoms with Crippen LogP contribution < -0.4 is 4.74 Å². The molecule has 2 saturated heterocycles. The number of aliphatic hydroxyl groups is 1. The average Bonchev–Trinajstić information content (AvgIpc) is 2.89. The maximum Gasteiger partial charge on any atom is 0.327 e. The second kappa shape index (κ2) is 6.24. The van der Waals surface area contributed by atoms with E-state index in [9.17, 15) is 24.6 Å². The van der Waals surface area contributed by atoms with E-state index in [0.29, 0.717) is 11.3 Å². The molecule has 0 aliphatic carbocycles. The largest absolute Gasteiger partial charge is 0.497 e. The van der Waals surface area contributed by atoms with E-state index in [1.807, 2.05) is 0 Å². The minimum absolute atomic E-state index is 0.331. The van der Waals surface area contributed by atoms with Crippen molar-refractivity contribution in [2.24, 2.45) is 0 Å². The smallest absolute Gasteiger partial charge is 0.327 e. The monoisotopic (exact) mass is 443 g/mol. The number of nitrogens with zero attached hydrogens (tertiary/aromatic N) is 1. The molecule has 0 bridgehead atoms. The lowest BCUT2D eigenvalue weighted by Crippen LogP contribution is -2.74. The van der Waals surface area contributed by atoms with Crippen molar-refractivity contribution >= 4 is 45.4 Å². The molecule has 0 spiro atoms. The summed E-state index contributed by atoms with van der Waals surface area (Å²) in [5.74, 6) is -1.88. The summed E-state index contributed by atoms with van der Waals surface area (Å²) in [6, 6.07) is 5.28. The first-order valence-corrected chi connectivity index (χ1v) is 9.51. The highest BCUT2D eigenvalue weighted by atomic mass is 79.9. The SMILES string of the molecule is COc1ccc(C(O)C(=O)C2(Br)C(=O)N3[C@@H](C(=O)O)C(C)(C)S[C@@H]32)cc1. The Labute approximate surface area is 162 Å². The molecule has 1 aromatic carbocycles. The molecule has 2 fully saturated rings. The molecule has 0 radical (unpaired) electrons. The van der Waals surface area contributed by atoms with Gasteiger partial charge in [-0.05, 0) is 31.5 Å². The molecule has 0 saturated carbocycles. The number of carbonyl (C=O) groups is 3. The van der Waals surface area contributed by atoms with Crippen LogP contribution in [-0.4, -0.2) is 60.4 Å². The number of rotatable bonds is 5. The van der Waals surface area contributed by atoms with Crippen molar-refractivity contribution in [2.45, 2.75) is 40.4 Å². The number of aliphatic carboxylic acids is 1. The van der Waals surface area contributed by atoms with E-state index >= 15 is 0 Å². The van der Waals surface area contributed by atoms with Crippen LogP contribution in [0, 0.1) is 0 Å². The molecule has 140 valence electrons. The van der Waals surface area contributed by atoms with E-state index in [0.717, 1.165) is 0 Å². The summed E-state index contributed by atoms with van der Waals surface area (Å²) in [6.07, 6.45) is -1.51. The first kappa shape index (κ1) is 19.2. The normalized spacial score (nSPS) is 30.3. The van der Waals surface area contributed by atoms with Gasteiger partial charge in [-0.1, -0.05) is 28.1 Å². The summed E-state index contributed by atoms with van der Waals surface area (Å²) >= 11 is 4.46. The topological polar surface area (TPSA) is 104 Å². The van der Waals surface area contributed by atoms with Gasteiger partial charge in [0.15, 0.2) is 10.1 Å². The number of β-lactam (4-membered cyclic amide) rings is 1. The Morgan fingerprint density at radius 1 is 1.31 bits per heavy atom. The van der Waals surface area contributed by atoms with Crippen LogP contribution in [0.2, 0.25) is 0 Å². The fourth-order valence-electron chi connectivity index (χ4n) is 3.38. The summed E-state index contributed by atoms with van der Waals surface area (Å²) in [7, 11) is 1.50. The zero-order chi connectivity index (χ0) is 19.4. The van der Waals surface area contributed by atoms with Gasteiger partial charge in [0.25, 0.3) is 5.91 Å². The van der Waals surface area contributed by atoms with E-state index in [1.165, 1.54) is 23.8 Å². The number of aliphatic hydroxyl groups excluding tert-OH is 1. The number of hydrogen-bond donors (Lipinski definition) is 2. The number of Topliss-reactive ketones (excluding diaryl/α,β-unsaturated/α-hetero) is 1. The van der Waals surface area contributed by atoms with Gasteiger partial charge < -0.3 is 19.8 Å². The number of amides is 1. The minimum atomic E-state index is -1.64. The maximum atomic E-state index is 12.9. The third-order valence-electron chi connectivity index (χ3n) is 4.76. The van der Waals surface area contributed by atoms with Crippen molar-refractivity contribution in [3.05, 3.63) is 29.8 Å². The van der Waals surface area contributed by atoms with Gasteiger partial charge >= 0.3 is 5.97 Å². The number of carboxylic acids is 1. The standard InChI is InChI=1S/C17H18BrNO6S/c1-16(2)11(13(22)23)19-14(24)17(18,15(19)26-16)12(21)10(20)8-4-6-9(25-3)7-5-8/h4-7,10-11,15,20H,1-3H3,(H,22,23)/t10?,11-,15+,17?/m0/s1. The molecule has 0 aromatic heterocycles. The number of halogens is 1. The van der Waals surface area contributed by atoms with Gasteiger partial charge in [0.05, 0.1) is 7.11 Å². The van der Waals surface area contributed by atoms with Crippen molar-refractivity contribution in [1.29, 1.82) is 0 Å². The molecule has 2 N–H and O–H groups in total. The van der Waals surface area contributed by atoms with E-state index in [1.54, 1.807) is 38.1 Å². The van der Waals surface area contributed by atoms with E-state index < -0.39 is 44.3 Å². The maximum absolute atomic E-state index is 12.9. The lowest BCUT2D eigenvalue weighted by atomic mass is 9.85. The predicted octanol–water partition coefficient (Wildman–Crippen LogP) is 1.58. The third kappa shape index (κ3) is 2.56. The number of alkyl halides is 1. The van der Waals surface area contributed by atoms with Crippen molar-refractivity contribution in [2.75, 3.05) is 7.11 Å². The molecule has 3 rings (SSSR count). The van der Waals surface area contributed by atoms with Crippen LogP contribution in [0.4, 0.5) is 0 Å². The Bertz CT molecular complexity index is 782. The third-order valence-corrected chi connectivity index (χ3v) is 7.86. The molecule has 1 aromatic rings. The van der Waals surface area contributed by atoms with Crippen LogP contribution in [0.5, 0.6) is 5.75 Å². The van der Waals surface area contributed by atoms with Crippen LogP contribution in [0.25, 0.3) is 0 Å². The fraction of sp³-hybridized carbons (Fsp3) is 0.471. The number of fused-ring (bicyclic) bond motifs is 1. The lowest BCUT2D eigenvalue weighted by Gasteiger charge is -2.49. The fourth-order valence-corrected chi connectivity index (χ4v) is 5.93. The highest BCUT2D eigenvalue weighted by Gasteiger charge is 2.74. The Morgan fingerprint density at radius 2 is 1.88 bits per heavy atom. The molecule has 7 nitrogen and oxygen atoms in total. The molecule has 9 heteroatoms. The molecular formula is C17H18BrNO6S. The first-order valence-electron chi connectivity index (χ1n) is 7.84. The predicted molar refractivity (Wildman–Crippen MR) is 98.3 cm³/mol. The van der Waals surface area contributed by atoms with Crippen LogP contribution in [0.3, 0.4) is 0 Å². The summed E-state index contributed by atoms with van der Waals surface area (Å²) < 4.78 is 2.65. The van der Waals surface area contributed by atoms with Crippen LogP contribution in [0.15, 0.2) is 24.3 Å². The number of hydrogen-bond acceptors (Lipinski definition) is 6. The van der Waals surface area contributed by atoms with E-state index in [-0.39, 0.29) is 0 Å². The van der Waals surface area contributed by atoms with E-state index in [4.69, 9.17) is 4.74 Å². The second-order valence-corrected chi connectivity index (χ2v) is 9.76. The minimum Gasteiger partial charge on any atom is -0.497 e. The number of benzene rings is 1. The van der Waals surface area contributed by atoms with Gasteiger partial charge in [-0.3, -0.25) is 9.59 Å².